The van der Waals surface area contributed by atoms with E-state index in [1.54, 1.807) is 42.5 Å². The number of rotatable bonds is 15. The first kappa shape index (κ1) is 37.8. The number of aromatic nitrogens is 1. The van der Waals surface area contributed by atoms with Gasteiger partial charge in [-0.1, -0.05) is 59.6 Å². The Morgan fingerprint density at radius 1 is 1.00 bits per heavy atom. The van der Waals surface area contributed by atoms with Gasteiger partial charge in [-0.25, -0.2) is 9.59 Å². The summed E-state index contributed by atoms with van der Waals surface area (Å²) in [5.41, 5.74) is 0.0408. The summed E-state index contributed by atoms with van der Waals surface area (Å²) in [6, 6.07) is 17.6. The quantitative estimate of drug-likeness (QED) is 0.0862. The Balaban J connectivity index is 1.20. The van der Waals surface area contributed by atoms with Crippen molar-refractivity contribution in [2.45, 2.75) is 43.9 Å². The molecule has 5 heterocycles. The maximum absolute atomic E-state index is 13.9. The van der Waals surface area contributed by atoms with Crippen LogP contribution in [0.15, 0.2) is 73.1 Å². The van der Waals surface area contributed by atoms with Crippen molar-refractivity contribution in [1.29, 1.82) is 0 Å². The maximum Gasteiger partial charge on any atom is 0.348 e. The van der Waals surface area contributed by atoms with Crippen LogP contribution in [0.2, 0.25) is 10.0 Å². The summed E-state index contributed by atoms with van der Waals surface area (Å²) in [6.07, 6.45) is 4.51. The first-order valence-electron chi connectivity index (χ1n) is 17.0. The van der Waals surface area contributed by atoms with Crippen LogP contribution < -0.4 is 19.5 Å². The Labute approximate surface area is 316 Å². The number of methoxy groups -OCH3 is 2. The predicted octanol–water partition coefficient (Wildman–Crippen LogP) is 5.85. The monoisotopic (exact) mass is 769 g/mol. The summed E-state index contributed by atoms with van der Waals surface area (Å²) in [5, 5.41) is 26.2. The molecule has 3 fully saturated rings. The molecule has 276 valence electrons. The topological polar surface area (TPSA) is 134 Å². The summed E-state index contributed by atoms with van der Waals surface area (Å²) in [6.45, 7) is 2.96. The number of piperidine rings is 3. The summed E-state index contributed by atoms with van der Waals surface area (Å²) in [5.74, 6) is -0.224. The molecule has 3 aliphatic heterocycles. The molecule has 0 spiro atoms. The number of nitrogens with one attached hydrogen (secondary N) is 1. The van der Waals surface area contributed by atoms with Crippen LogP contribution in [-0.4, -0.2) is 69.0 Å². The summed E-state index contributed by atoms with van der Waals surface area (Å²) in [4.78, 5) is 31.1. The highest BCUT2D eigenvalue weighted by Crippen LogP contribution is 2.41. The zero-order valence-electron chi connectivity index (χ0n) is 28.9. The van der Waals surface area contributed by atoms with E-state index >= 15 is 0 Å². The number of aliphatic hydroxyl groups excluding tert-OH is 1. The Kier molecular flexibility index (Phi) is 11.9. The minimum absolute atomic E-state index is 0.0325. The van der Waals surface area contributed by atoms with Gasteiger partial charge in [-0.3, -0.25) is 5.32 Å². The molecule has 2 bridgehead atoms. The number of pyridine rings is 1. The Bertz CT molecular complexity index is 1850. The molecule has 0 radical (unpaired) electrons. The Morgan fingerprint density at radius 3 is 2.31 bits per heavy atom. The van der Waals surface area contributed by atoms with Crippen LogP contribution >= 0.6 is 34.5 Å². The van der Waals surface area contributed by atoms with Crippen molar-refractivity contribution in [3.05, 3.63) is 115 Å². The van der Waals surface area contributed by atoms with Gasteiger partial charge >= 0.3 is 11.9 Å². The molecule has 52 heavy (non-hydrogen) atoms. The van der Waals surface area contributed by atoms with Gasteiger partial charge in [-0.2, -0.15) is 4.73 Å². The fraction of sp³-hybridized carbons (Fsp3) is 0.395. The third-order valence-corrected chi connectivity index (χ3v) is 11.9. The second-order valence-electron chi connectivity index (χ2n) is 13.2. The zero-order chi connectivity index (χ0) is 36.9. The lowest BCUT2D eigenvalue weighted by Crippen LogP contribution is -2.55. The van der Waals surface area contributed by atoms with Crippen LogP contribution in [0.1, 0.15) is 56.6 Å². The molecule has 11 nitrogen and oxygen atoms in total. The van der Waals surface area contributed by atoms with E-state index in [1.807, 2.05) is 18.2 Å². The normalized spacial score (nSPS) is 19.8. The SMILES string of the molecule is COc1ccc([C@H](Cc2c(Cl)c[n+]([O-])cc2Cl)OC(=O)c2ccc(CNC(CO)(C(=O)OCC34CCN(CC3)CC4)c3ccccc3)s2)cc1OC. The number of thiophene rings is 1. The molecule has 0 amide bonds. The van der Waals surface area contributed by atoms with Crippen LogP contribution in [0, 0.1) is 10.6 Å². The van der Waals surface area contributed by atoms with E-state index in [4.69, 9.17) is 42.1 Å². The molecule has 4 aromatic rings. The number of carbonyl (C=O) groups is 2. The van der Waals surface area contributed by atoms with E-state index in [9.17, 15) is 19.9 Å². The highest BCUT2D eigenvalue weighted by Gasteiger charge is 2.45. The molecule has 2 atom stereocenters. The van der Waals surface area contributed by atoms with Gasteiger partial charge in [0.15, 0.2) is 29.4 Å². The highest BCUT2D eigenvalue weighted by atomic mass is 35.5. The molecule has 3 saturated heterocycles. The first-order valence-corrected chi connectivity index (χ1v) is 18.6. The Hall–Kier alpha value is -3.91. The lowest BCUT2D eigenvalue weighted by Gasteiger charge is -2.48. The van der Waals surface area contributed by atoms with Gasteiger partial charge < -0.3 is 34.2 Å². The summed E-state index contributed by atoms with van der Waals surface area (Å²) < 4.78 is 23.5. The predicted molar refractivity (Wildman–Crippen MR) is 197 cm³/mol. The number of nitrogens with zero attached hydrogens (tertiary/aromatic N) is 2. The van der Waals surface area contributed by atoms with Gasteiger partial charge in [-0.15, -0.1) is 11.3 Å². The zero-order valence-corrected chi connectivity index (χ0v) is 31.3. The van der Waals surface area contributed by atoms with Gasteiger partial charge in [-0.05, 0) is 74.3 Å². The molecular formula is C38H41Cl2N3O8S. The smallest absolute Gasteiger partial charge is 0.348 e. The molecule has 2 aromatic heterocycles. The lowest BCUT2D eigenvalue weighted by atomic mass is 9.73. The number of hydrogen-bond donors (Lipinski definition) is 2. The van der Waals surface area contributed by atoms with E-state index < -0.39 is 30.2 Å². The average molecular weight is 771 g/mol. The molecular weight excluding hydrogens is 729 g/mol. The van der Waals surface area contributed by atoms with Gasteiger partial charge in [0.2, 0.25) is 0 Å². The van der Waals surface area contributed by atoms with Crippen molar-refractivity contribution in [3.8, 4) is 11.5 Å². The van der Waals surface area contributed by atoms with E-state index in [1.165, 1.54) is 38.0 Å². The maximum atomic E-state index is 13.9. The highest BCUT2D eigenvalue weighted by molar-refractivity contribution is 7.13. The van der Waals surface area contributed by atoms with E-state index in [0.717, 1.165) is 43.8 Å². The molecule has 14 heteroatoms. The molecule has 7 rings (SSSR count). The van der Waals surface area contributed by atoms with Crippen molar-refractivity contribution in [3.63, 3.8) is 0 Å². The fourth-order valence-electron chi connectivity index (χ4n) is 6.88. The number of benzene rings is 2. The third-order valence-electron chi connectivity index (χ3n) is 10.1. The minimum Gasteiger partial charge on any atom is -0.619 e. The molecule has 0 saturated carbocycles. The minimum atomic E-state index is -1.52. The van der Waals surface area contributed by atoms with Crippen LogP contribution in [0.5, 0.6) is 11.5 Å². The number of ether oxygens (including phenoxy) is 4. The summed E-state index contributed by atoms with van der Waals surface area (Å²) >= 11 is 14.0. The Morgan fingerprint density at radius 2 is 1.67 bits per heavy atom. The number of fused-ring (bicyclic) bond motifs is 3. The van der Waals surface area contributed by atoms with Crippen LogP contribution in [-0.2, 0) is 32.8 Å². The second-order valence-corrected chi connectivity index (χ2v) is 15.2. The molecule has 1 unspecified atom stereocenters. The lowest BCUT2D eigenvalue weighted by molar-refractivity contribution is -0.605. The van der Waals surface area contributed by atoms with Crippen LogP contribution in [0.4, 0.5) is 0 Å². The van der Waals surface area contributed by atoms with Gasteiger partial charge in [0.05, 0.1) is 27.4 Å². The van der Waals surface area contributed by atoms with Crippen LogP contribution in [0.3, 0.4) is 0 Å². The van der Waals surface area contributed by atoms with Crippen LogP contribution in [0.25, 0.3) is 0 Å². The van der Waals surface area contributed by atoms with Crippen molar-refractivity contribution in [2.75, 3.05) is 47.1 Å². The standard InChI is InChI=1S/C38H41Cl2N3O8S/c1-48-31-10-8-25(18-33(31)49-2)32(19-28-29(39)21-43(47)22-30(28)40)51-35(45)34-11-9-27(52-34)20-41-38(23-44,26-6-4-3-5-7-26)36(46)50-24-37-12-15-42(16-13-37)17-14-37/h3-11,18,21-22,32,41,44H,12-17,19-20,23-24H2,1-2H3/t32-,38?/m0/s1. The van der Waals surface area contributed by atoms with E-state index in [2.05, 4.69) is 10.2 Å². The second kappa shape index (κ2) is 16.4. The van der Waals surface area contributed by atoms with Crippen molar-refractivity contribution in [1.82, 2.24) is 10.2 Å². The number of carbonyl (C=O) groups excluding carboxylic acids is 2. The van der Waals surface area contributed by atoms with Gasteiger partial charge in [0, 0.05) is 28.8 Å². The van der Waals surface area contributed by atoms with Gasteiger partial charge in [0.25, 0.3) is 0 Å². The first-order chi connectivity index (χ1) is 25.1. The number of esters is 2. The molecule has 0 aliphatic carbocycles. The largest absolute Gasteiger partial charge is 0.619 e. The number of halogens is 2. The molecule has 2 N–H and O–H groups in total. The molecule has 2 aromatic carbocycles. The van der Waals surface area contributed by atoms with Crippen molar-refractivity contribution < 1.29 is 38.4 Å². The van der Waals surface area contributed by atoms with Crippen molar-refractivity contribution in [2.24, 2.45) is 5.41 Å². The average Bonchev–Trinajstić information content (AvgIpc) is 3.65. The third kappa shape index (κ3) is 8.17. The van der Waals surface area contributed by atoms with E-state index in [-0.39, 0.29) is 28.4 Å². The molecule has 3 aliphatic rings. The number of aliphatic hydroxyl groups is 1. The van der Waals surface area contributed by atoms with E-state index in [0.29, 0.717) is 44.4 Å². The van der Waals surface area contributed by atoms with Crippen molar-refractivity contribution >= 4 is 46.5 Å². The fourth-order valence-corrected chi connectivity index (χ4v) is 8.31. The van der Waals surface area contributed by atoms with Gasteiger partial charge in [0.1, 0.15) is 21.0 Å². The number of hydrogen-bond acceptors (Lipinski definition) is 11. The summed E-state index contributed by atoms with van der Waals surface area (Å²) in [7, 11) is 3.02.